The molecule has 1 heterocycles. The number of likely N-dealkylation sites (N-methyl/N-ethyl adjacent to an activating group) is 1. The predicted octanol–water partition coefficient (Wildman–Crippen LogP) is 2.72. The predicted molar refractivity (Wildman–Crippen MR) is 94.0 cm³/mol. The molecule has 0 aliphatic heterocycles. The third-order valence-corrected chi connectivity index (χ3v) is 5.28. The summed E-state index contributed by atoms with van der Waals surface area (Å²) in [5.41, 5.74) is 1.89. The molecule has 1 N–H and O–H groups in total. The number of nitrogens with one attached hydrogen (secondary N) is 1. The van der Waals surface area contributed by atoms with Crippen molar-refractivity contribution in [2.45, 2.75) is 19.3 Å². The molecule has 6 heteroatoms. The number of fused-ring (bicyclic) bond motifs is 1. The molecule has 1 aliphatic rings. The molecule has 2 aromatic rings. The van der Waals surface area contributed by atoms with Gasteiger partial charge in [0.25, 0.3) is 0 Å². The van der Waals surface area contributed by atoms with Gasteiger partial charge < -0.3 is 14.6 Å². The van der Waals surface area contributed by atoms with Crippen molar-refractivity contribution in [2.24, 2.45) is 5.92 Å². The number of benzene rings is 1. The van der Waals surface area contributed by atoms with Gasteiger partial charge in [0.2, 0.25) is 5.91 Å². The standard InChI is InChI=1S/C17H23N3O2S/c1-20(17(21)11-23-10-12-3-4-12)8-7-16-18-14-6-5-13(22-2)9-15(14)19-16/h5-6,9,12H,3-4,7-8,10-11H2,1-2H3,(H,18,19). The molecule has 0 saturated heterocycles. The van der Waals surface area contributed by atoms with Crippen LogP contribution in [0.1, 0.15) is 18.7 Å². The van der Waals surface area contributed by atoms with Crippen molar-refractivity contribution >= 4 is 28.7 Å². The van der Waals surface area contributed by atoms with E-state index in [1.807, 2.05) is 25.2 Å². The largest absolute Gasteiger partial charge is 0.497 e. The van der Waals surface area contributed by atoms with Gasteiger partial charge in [-0.1, -0.05) is 0 Å². The second kappa shape index (κ2) is 7.25. The van der Waals surface area contributed by atoms with Gasteiger partial charge >= 0.3 is 0 Å². The maximum absolute atomic E-state index is 12.1. The number of carbonyl (C=O) groups excluding carboxylic acids is 1. The van der Waals surface area contributed by atoms with Gasteiger partial charge in [-0.3, -0.25) is 4.79 Å². The molecule has 1 aromatic carbocycles. The number of amides is 1. The number of imidazole rings is 1. The normalized spacial score (nSPS) is 14.2. The minimum absolute atomic E-state index is 0.202. The van der Waals surface area contributed by atoms with Crippen molar-refractivity contribution in [3.8, 4) is 5.75 Å². The molecule has 0 atom stereocenters. The van der Waals surface area contributed by atoms with Gasteiger partial charge in [-0.2, -0.15) is 11.8 Å². The minimum Gasteiger partial charge on any atom is -0.497 e. The van der Waals surface area contributed by atoms with E-state index in [1.54, 1.807) is 23.8 Å². The lowest BCUT2D eigenvalue weighted by Crippen LogP contribution is -2.30. The molecule has 0 radical (unpaired) electrons. The summed E-state index contributed by atoms with van der Waals surface area (Å²) in [5.74, 6) is 4.50. The Morgan fingerprint density at radius 2 is 2.30 bits per heavy atom. The number of hydrogen-bond donors (Lipinski definition) is 1. The maximum Gasteiger partial charge on any atom is 0.232 e. The average Bonchev–Trinajstić information content (AvgIpc) is 3.29. The molecule has 5 nitrogen and oxygen atoms in total. The first-order valence-electron chi connectivity index (χ1n) is 8.00. The van der Waals surface area contributed by atoms with E-state index in [0.717, 1.165) is 40.7 Å². The summed E-state index contributed by atoms with van der Waals surface area (Å²) in [7, 11) is 3.52. The average molecular weight is 333 g/mol. The Kier molecular flexibility index (Phi) is 5.10. The van der Waals surface area contributed by atoms with Crippen LogP contribution in [0.25, 0.3) is 11.0 Å². The van der Waals surface area contributed by atoms with Crippen LogP contribution in [-0.2, 0) is 11.2 Å². The highest BCUT2D eigenvalue weighted by molar-refractivity contribution is 7.99. The smallest absolute Gasteiger partial charge is 0.232 e. The van der Waals surface area contributed by atoms with Gasteiger partial charge in [-0.15, -0.1) is 0 Å². The van der Waals surface area contributed by atoms with Gasteiger partial charge in [0.1, 0.15) is 11.6 Å². The highest BCUT2D eigenvalue weighted by Gasteiger charge is 2.21. The van der Waals surface area contributed by atoms with E-state index in [-0.39, 0.29) is 5.91 Å². The van der Waals surface area contributed by atoms with Crippen LogP contribution in [0.5, 0.6) is 5.75 Å². The molecular weight excluding hydrogens is 310 g/mol. The SMILES string of the molecule is COc1ccc2nc(CCN(C)C(=O)CSCC3CC3)[nH]c2c1. The third kappa shape index (κ3) is 4.41. The topological polar surface area (TPSA) is 58.2 Å². The molecule has 1 aliphatic carbocycles. The summed E-state index contributed by atoms with van der Waals surface area (Å²) in [6, 6.07) is 5.78. The third-order valence-electron chi connectivity index (χ3n) is 4.12. The summed E-state index contributed by atoms with van der Waals surface area (Å²) in [6.07, 6.45) is 3.41. The Morgan fingerprint density at radius 3 is 3.04 bits per heavy atom. The molecule has 23 heavy (non-hydrogen) atoms. The minimum atomic E-state index is 0.202. The zero-order valence-corrected chi connectivity index (χ0v) is 14.5. The van der Waals surface area contributed by atoms with Crippen LogP contribution >= 0.6 is 11.8 Å². The van der Waals surface area contributed by atoms with Crippen LogP contribution < -0.4 is 4.74 Å². The number of H-pyrrole nitrogens is 1. The Morgan fingerprint density at radius 1 is 1.48 bits per heavy atom. The summed E-state index contributed by atoms with van der Waals surface area (Å²) < 4.78 is 5.22. The van der Waals surface area contributed by atoms with Crippen LogP contribution in [0.4, 0.5) is 0 Å². The van der Waals surface area contributed by atoms with E-state index in [9.17, 15) is 4.79 Å². The number of aromatic nitrogens is 2. The summed E-state index contributed by atoms with van der Waals surface area (Å²) in [5, 5.41) is 0. The molecule has 1 saturated carbocycles. The Balaban J connectivity index is 1.49. The van der Waals surface area contributed by atoms with Gasteiger partial charge in [-0.25, -0.2) is 4.98 Å². The fourth-order valence-electron chi connectivity index (χ4n) is 2.39. The van der Waals surface area contributed by atoms with Crippen LogP contribution in [0.2, 0.25) is 0 Å². The number of nitrogens with zero attached hydrogens (tertiary/aromatic N) is 2. The molecular formula is C17H23N3O2S. The van der Waals surface area contributed by atoms with E-state index in [1.165, 1.54) is 12.8 Å². The first-order valence-corrected chi connectivity index (χ1v) is 9.15. The summed E-state index contributed by atoms with van der Waals surface area (Å²) in [6.45, 7) is 0.680. The van der Waals surface area contributed by atoms with Crippen molar-refractivity contribution in [2.75, 3.05) is 32.2 Å². The first kappa shape index (κ1) is 16.2. The van der Waals surface area contributed by atoms with Crippen molar-refractivity contribution < 1.29 is 9.53 Å². The van der Waals surface area contributed by atoms with Gasteiger partial charge in [0, 0.05) is 26.1 Å². The molecule has 0 unspecified atom stereocenters. The number of ether oxygens (including phenoxy) is 1. The molecule has 0 bridgehead atoms. The highest BCUT2D eigenvalue weighted by atomic mass is 32.2. The number of aromatic amines is 1. The van der Waals surface area contributed by atoms with Crippen molar-refractivity contribution in [1.82, 2.24) is 14.9 Å². The van der Waals surface area contributed by atoms with E-state index < -0.39 is 0 Å². The molecule has 1 amide bonds. The lowest BCUT2D eigenvalue weighted by molar-refractivity contribution is -0.127. The van der Waals surface area contributed by atoms with Crippen molar-refractivity contribution in [3.63, 3.8) is 0 Å². The number of thioether (sulfide) groups is 1. The molecule has 1 fully saturated rings. The fourth-order valence-corrected chi connectivity index (χ4v) is 3.57. The summed E-state index contributed by atoms with van der Waals surface area (Å²) >= 11 is 1.76. The lowest BCUT2D eigenvalue weighted by Gasteiger charge is -2.16. The van der Waals surface area contributed by atoms with E-state index >= 15 is 0 Å². The number of carbonyl (C=O) groups is 1. The van der Waals surface area contributed by atoms with Gasteiger partial charge in [0.05, 0.1) is 23.9 Å². The monoisotopic (exact) mass is 333 g/mol. The zero-order valence-electron chi connectivity index (χ0n) is 13.7. The highest BCUT2D eigenvalue weighted by Crippen LogP contribution is 2.32. The Labute approximate surface area is 140 Å². The lowest BCUT2D eigenvalue weighted by atomic mass is 10.3. The quantitative estimate of drug-likeness (QED) is 0.807. The Bertz CT molecular complexity index is 682. The molecule has 1 aromatic heterocycles. The first-order chi connectivity index (χ1) is 11.2. The van der Waals surface area contributed by atoms with Crippen molar-refractivity contribution in [1.29, 1.82) is 0 Å². The van der Waals surface area contributed by atoms with Crippen molar-refractivity contribution in [3.05, 3.63) is 24.0 Å². The van der Waals surface area contributed by atoms with E-state index in [0.29, 0.717) is 12.3 Å². The molecule has 3 rings (SSSR count). The number of methoxy groups -OCH3 is 1. The second-order valence-corrected chi connectivity index (χ2v) is 7.12. The number of hydrogen-bond acceptors (Lipinski definition) is 4. The van der Waals surface area contributed by atoms with E-state index in [4.69, 9.17) is 4.74 Å². The van der Waals surface area contributed by atoms with Gasteiger partial charge in [-0.05, 0) is 36.6 Å². The van der Waals surface area contributed by atoms with Crippen LogP contribution in [0.3, 0.4) is 0 Å². The van der Waals surface area contributed by atoms with Gasteiger partial charge in [0.15, 0.2) is 0 Å². The Hall–Kier alpha value is -1.69. The van der Waals surface area contributed by atoms with Crippen LogP contribution in [0, 0.1) is 5.92 Å². The zero-order chi connectivity index (χ0) is 16.2. The maximum atomic E-state index is 12.1. The summed E-state index contributed by atoms with van der Waals surface area (Å²) in [4.78, 5) is 21.7. The molecule has 124 valence electrons. The molecule has 0 spiro atoms. The van der Waals surface area contributed by atoms with Crippen LogP contribution in [0.15, 0.2) is 18.2 Å². The fraction of sp³-hybridized carbons (Fsp3) is 0.529. The van der Waals surface area contributed by atoms with Crippen LogP contribution in [-0.4, -0.2) is 53.0 Å². The number of rotatable bonds is 8. The second-order valence-electron chi connectivity index (χ2n) is 6.09. The van der Waals surface area contributed by atoms with E-state index in [2.05, 4.69) is 9.97 Å².